The van der Waals surface area contributed by atoms with Crippen LogP contribution in [-0.2, 0) is 4.79 Å². The summed E-state index contributed by atoms with van der Waals surface area (Å²) in [6, 6.07) is 5.25. The van der Waals surface area contributed by atoms with Gasteiger partial charge < -0.3 is 9.84 Å². The number of carbonyl (C=O) groups is 1. The fourth-order valence-corrected chi connectivity index (χ4v) is 1.33. The van der Waals surface area contributed by atoms with Crippen LogP contribution < -0.4 is 10.2 Å². The Morgan fingerprint density at radius 1 is 1.56 bits per heavy atom. The second kappa shape index (κ2) is 5.50. The standard InChI is InChI=1S/C10H11BrN2O3/c1-6(10(14)15)12-13-7-3-4-8(11)9(5-7)16-2/h3-5,13H,1-2H3,(H,14,15). The van der Waals surface area contributed by atoms with E-state index in [1.165, 1.54) is 6.92 Å². The first-order chi connectivity index (χ1) is 7.54. The number of halogens is 1. The molecule has 5 nitrogen and oxygen atoms in total. The third-order valence-electron chi connectivity index (χ3n) is 1.81. The van der Waals surface area contributed by atoms with E-state index < -0.39 is 5.97 Å². The van der Waals surface area contributed by atoms with E-state index >= 15 is 0 Å². The van der Waals surface area contributed by atoms with Crippen molar-refractivity contribution in [3.63, 3.8) is 0 Å². The van der Waals surface area contributed by atoms with E-state index in [4.69, 9.17) is 9.84 Å². The van der Waals surface area contributed by atoms with Crippen molar-refractivity contribution in [3.8, 4) is 5.75 Å². The van der Waals surface area contributed by atoms with E-state index in [2.05, 4.69) is 26.5 Å². The Morgan fingerprint density at radius 3 is 2.81 bits per heavy atom. The van der Waals surface area contributed by atoms with Crippen molar-refractivity contribution in [3.05, 3.63) is 22.7 Å². The minimum atomic E-state index is -1.06. The number of carboxylic acids is 1. The molecule has 1 aromatic rings. The molecule has 6 heteroatoms. The van der Waals surface area contributed by atoms with E-state index in [-0.39, 0.29) is 5.71 Å². The van der Waals surface area contributed by atoms with Gasteiger partial charge in [-0.15, -0.1) is 0 Å². The summed E-state index contributed by atoms with van der Waals surface area (Å²) in [6.07, 6.45) is 0. The molecule has 1 aromatic carbocycles. The van der Waals surface area contributed by atoms with E-state index in [1.54, 1.807) is 25.3 Å². The minimum absolute atomic E-state index is 0.0121. The summed E-state index contributed by atoms with van der Waals surface area (Å²) in [5.41, 5.74) is 3.28. The van der Waals surface area contributed by atoms with Crippen molar-refractivity contribution in [2.75, 3.05) is 12.5 Å². The molecule has 0 bridgehead atoms. The molecule has 0 heterocycles. The highest BCUT2D eigenvalue weighted by Gasteiger charge is 2.03. The second-order valence-corrected chi connectivity index (χ2v) is 3.82. The number of nitrogens with zero attached hydrogens (tertiary/aromatic N) is 1. The van der Waals surface area contributed by atoms with E-state index in [0.29, 0.717) is 11.4 Å². The molecule has 0 saturated heterocycles. The van der Waals surface area contributed by atoms with Crippen molar-refractivity contribution in [2.45, 2.75) is 6.92 Å². The van der Waals surface area contributed by atoms with Crippen LogP contribution >= 0.6 is 15.9 Å². The molecule has 0 radical (unpaired) electrons. The average Bonchev–Trinajstić information content (AvgIpc) is 2.27. The third kappa shape index (κ3) is 3.23. The number of hydrazone groups is 1. The average molecular weight is 287 g/mol. The van der Waals surface area contributed by atoms with Crippen molar-refractivity contribution >= 4 is 33.3 Å². The molecule has 0 aliphatic rings. The molecule has 86 valence electrons. The number of hydrogen-bond donors (Lipinski definition) is 2. The molecule has 2 N–H and O–H groups in total. The van der Waals surface area contributed by atoms with Gasteiger partial charge in [-0.25, -0.2) is 4.79 Å². The Balaban J connectivity index is 2.83. The first-order valence-electron chi connectivity index (χ1n) is 4.41. The topological polar surface area (TPSA) is 70.9 Å². The zero-order valence-corrected chi connectivity index (χ0v) is 10.4. The van der Waals surface area contributed by atoms with Gasteiger partial charge in [0, 0.05) is 6.07 Å². The summed E-state index contributed by atoms with van der Waals surface area (Å²) in [7, 11) is 1.55. The number of benzene rings is 1. The highest BCUT2D eigenvalue weighted by atomic mass is 79.9. The Bertz CT molecular complexity index is 432. The zero-order valence-electron chi connectivity index (χ0n) is 8.82. The molecule has 0 amide bonds. The van der Waals surface area contributed by atoms with Gasteiger partial charge in [0.25, 0.3) is 0 Å². The minimum Gasteiger partial charge on any atom is -0.495 e. The van der Waals surface area contributed by atoms with Gasteiger partial charge in [0.1, 0.15) is 11.5 Å². The maximum Gasteiger partial charge on any atom is 0.351 e. The van der Waals surface area contributed by atoms with Crippen LogP contribution in [-0.4, -0.2) is 23.9 Å². The normalized spacial score (nSPS) is 11.1. The largest absolute Gasteiger partial charge is 0.495 e. The van der Waals surface area contributed by atoms with Gasteiger partial charge in [0.2, 0.25) is 0 Å². The number of nitrogens with one attached hydrogen (secondary N) is 1. The Labute approximate surface area is 101 Å². The van der Waals surface area contributed by atoms with E-state index in [1.807, 2.05) is 0 Å². The lowest BCUT2D eigenvalue weighted by Gasteiger charge is -2.06. The predicted octanol–water partition coefficient (Wildman–Crippen LogP) is 2.33. The Kier molecular flexibility index (Phi) is 4.30. The van der Waals surface area contributed by atoms with Crippen LogP contribution in [0.15, 0.2) is 27.8 Å². The molecule has 1 rings (SSSR count). The third-order valence-corrected chi connectivity index (χ3v) is 2.47. The SMILES string of the molecule is COc1cc(NN=C(C)C(=O)O)ccc1Br. The molecule has 0 atom stereocenters. The molecule has 0 unspecified atom stereocenters. The number of carboxylic acid groups (broad SMARTS) is 1. The summed E-state index contributed by atoms with van der Waals surface area (Å²) >= 11 is 3.31. The van der Waals surface area contributed by atoms with Crippen molar-refractivity contribution in [1.82, 2.24) is 0 Å². The monoisotopic (exact) mass is 286 g/mol. The molecule has 0 aliphatic heterocycles. The molecule has 0 spiro atoms. The fourth-order valence-electron chi connectivity index (χ4n) is 0.926. The molecular formula is C10H11BrN2O3. The first-order valence-corrected chi connectivity index (χ1v) is 5.21. The predicted molar refractivity (Wildman–Crippen MR) is 65.1 cm³/mol. The van der Waals surface area contributed by atoms with Crippen LogP contribution in [0.3, 0.4) is 0 Å². The molecule has 0 saturated carbocycles. The molecule has 16 heavy (non-hydrogen) atoms. The summed E-state index contributed by atoms with van der Waals surface area (Å²) in [6.45, 7) is 1.41. The zero-order chi connectivity index (χ0) is 12.1. The number of anilines is 1. The lowest BCUT2D eigenvalue weighted by atomic mass is 10.3. The number of hydrogen-bond acceptors (Lipinski definition) is 4. The summed E-state index contributed by atoms with van der Waals surface area (Å²) < 4.78 is 5.91. The summed E-state index contributed by atoms with van der Waals surface area (Å²) in [5.74, 6) is -0.412. The number of ether oxygens (including phenoxy) is 1. The molecule has 0 fully saturated rings. The molecule has 0 aromatic heterocycles. The first kappa shape index (κ1) is 12.5. The Hall–Kier alpha value is -1.56. The van der Waals surface area contributed by atoms with Crippen LogP contribution in [0, 0.1) is 0 Å². The van der Waals surface area contributed by atoms with Crippen LogP contribution in [0.5, 0.6) is 5.75 Å². The van der Waals surface area contributed by atoms with Crippen LogP contribution in [0.1, 0.15) is 6.92 Å². The molecular weight excluding hydrogens is 276 g/mol. The maximum atomic E-state index is 10.5. The second-order valence-electron chi connectivity index (χ2n) is 2.96. The van der Waals surface area contributed by atoms with Gasteiger partial charge in [0.05, 0.1) is 17.3 Å². The van der Waals surface area contributed by atoms with Gasteiger partial charge in [-0.1, -0.05) is 0 Å². The van der Waals surface area contributed by atoms with Gasteiger partial charge >= 0.3 is 5.97 Å². The van der Waals surface area contributed by atoms with Gasteiger partial charge in [-0.3, -0.25) is 5.43 Å². The maximum absolute atomic E-state index is 10.5. The quantitative estimate of drug-likeness (QED) is 0.658. The number of rotatable bonds is 4. The van der Waals surface area contributed by atoms with E-state index in [0.717, 1.165) is 4.47 Å². The highest BCUT2D eigenvalue weighted by Crippen LogP contribution is 2.27. The fraction of sp³-hybridized carbons (Fsp3) is 0.200. The highest BCUT2D eigenvalue weighted by molar-refractivity contribution is 9.10. The van der Waals surface area contributed by atoms with Crippen molar-refractivity contribution < 1.29 is 14.6 Å². The van der Waals surface area contributed by atoms with E-state index in [9.17, 15) is 4.79 Å². The lowest BCUT2D eigenvalue weighted by Crippen LogP contribution is -2.10. The number of methoxy groups -OCH3 is 1. The summed E-state index contributed by atoms with van der Waals surface area (Å²) in [5, 5.41) is 12.3. The Morgan fingerprint density at radius 2 is 2.25 bits per heavy atom. The van der Waals surface area contributed by atoms with Crippen LogP contribution in [0.25, 0.3) is 0 Å². The van der Waals surface area contributed by atoms with Gasteiger partial charge in [0.15, 0.2) is 0 Å². The van der Waals surface area contributed by atoms with Crippen LogP contribution in [0.2, 0.25) is 0 Å². The van der Waals surface area contributed by atoms with Gasteiger partial charge in [-0.2, -0.15) is 5.10 Å². The smallest absolute Gasteiger partial charge is 0.351 e. The number of aliphatic carboxylic acids is 1. The van der Waals surface area contributed by atoms with Crippen molar-refractivity contribution in [2.24, 2.45) is 5.10 Å². The van der Waals surface area contributed by atoms with Crippen molar-refractivity contribution in [1.29, 1.82) is 0 Å². The van der Waals surface area contributed by atoms with Crippen LogP contribution in [0.4, 0.5) is 5.69 Å². The molecule has 0 aliphatic carbocycles. The van der Waals surface area contributed by atoms with Gasteiger partial charge in [-0.05, 0) is 35.0 Å². The summed E-state index contributed by atoms with van der Waals surface area (Å²) in [4.78, 5) is 10.5. The lowest BCUT2D eigenvalue weighted by molar-refractivity contribution is -0.129.